The Labute approximate surface area is 113 Å². The lowest BCUT2D eigenvalue weighted by Crippen LogP contribution is -2.33. The number of hydrogen-bond acceptors (Lipinski definition) is 3. The molecule has 100 valence electrons. The van der Waals surface area contributed by atoms with Gasteiger partial charge in [0.15, 0.2) is 11.5 Å². The maximum absolute atomic E-state index is 6.30. The van der Waals surface area contributed by atoms with Gasteiger partial charge < -0.3 is 14.8 Å². The summed E-state index contributed by atoms with van der Waals surface area (Å²) >= 11 is 6.30. The molecule has 1 heterocycles. The standard InChI is InChI=1S/C14H20ClNO2/c1-9-11(15)8-10(13(18-4)12(9)17-3)14(2)6-5-7-16-14/h8,16H,5-7H2,1-4H3. The second-order valence-corrected chi connectivity index (χ2v) is 5.37. The van der Waals surface area contributed by atoms with Gasteiger partial charge in [0, 0.05) is 21.7 Å². The van der Waals surface area contributed by atoms with Crippen molar-refractivity contribution < 1.29 is 9.47 Å². The van der Waals surface area contributed by atoms with Gasteiger partial charge in [-0.2, -0.15) is 0 Å². The van der Waals surface area contributed by atoms with Crippen LogP contribution in [0.4, 0.5) is 0 Å². The van der Waals surface area contributed by atoms with Crippen LogP contribution >= 0.6 is 11.6 Å². The fourth-order valence-electron chi connectivity index (χ4n) is 2.68. The molecule has 0 radical (unpaired) electrons. The van der Waals surface area contributed by atoms with Crippen LogP contribution in [0.15, 0.2) is 6.07 Å². The highest BCUT2D eigenvalue weighted by Gasteiger charge is 2.35. The van der Waals surface area contributed by atoms with Crippen LogP contribution in [-0.4, -0.2) is 20.8 Å². The summed E-state index contributed by atoms with van der Waals surface area (Å²) in [7, 11) is 3.32. The molecule has 2 rings (SSSR count). The Hall–Kier alpha value is -0.930. The molecule has 1 saturated heterocycles. The molecule has 0 amide bonds. The van der Waals surface area contributed by atoms with Crippen LogP contribution in [0.1, 0.15) is 30.9 Å². The van der Waals surface area contributed by atoms with Gasteiger partial charge in [-0.25, -0.2) is 0 Å². The third kappa shape index (κ3) is 2.06. The van der Waals surface area contributed by atoms with Crippen molar-refractivity contribution in [2.45, 2.75) is 32.2 Å². The molecule has 1 unspecified atom stereocenters. The average molecular weight is 270 g/mol. The molecular formula is C14H20ClNO2. The average Bonchev–Trinajstić information content (AvgIpc) is 2.80. The first-order chi connectivity index (χ1) is 8.53. The highest BCUT2D eigenvalue weighted by atomic mass is 35.5. The molecule has 18 heavy (non-hydrogen) atoms. The lowest BCUT2D eigenvalue weighted by molar-refractivity contribution is 0.332. The van der Waals surface area contributed by atoms with Crippen molar-refractivity contribution in [2.75, 3.05) is 20.8 Å². The van der Waals surface area contributed by atoms with Gasteiger partial charge in [0.25, 0.3) is 0 Å². The van der Waals surface area contributed by atoms with E-state index in [4.69, 9.17) is 21.1 Å². The van der Waals surface area contributed by atoms with E-state index in [1.165, 1.54) is 0 Å². The number of ether oxygens (including phenoxy) is 2. The summed E-state index contributed by atoms with van der Waals surface area (Å²) in [5.74, 6) is 1.52. The zero-order valence-electron chi connectivity index (χ0n) is 11.4. The Kier molecular flexibility index (Phi) is 3.74. The summed E-state index contributed by atoms with van der Waals surface area (Å²) in [6.07, 6.45) is 2.24. The molecule has 1 aliphatic rings. The number of methoxy groups -OCH3 is 2. The number of nitrogens with one attached hydrogen (secondary N) is 1. The molecule has 1 aromatic rings. The first kappa shape index (κ1) is 13.5. The van der Waals surface area contributed by atoms with E-state index in [9.17, 15) is 0 Å². The van der Waals surface area contributed by atoms with Crippen molar-refractivity contribution in [1.29, 1.82) is 0 Å². The Morgan fingerprint density at radius 2 is 1.94 bits per heavy atom. The Balaban J connectivity index is 2.63. The van der Waals surface area contributed by atoms with E-state index in [0.717, 1.165) is 47.0 Å². The lowest BCUT2D eigenvalue weighted by atomic mass is 9.88. The highest BCUT2D eigenvalue weighted by molar-refractivity contribution is 6.31. The molecule has 1 N–H and O–H groups in total. The summed E-state index contributed by atoms with van der Waals surface area (Å²) in [4.78, 5) is 0. The summed E-state index contributed by atoms with van der Waals surface area (Å²) in [6, 6.07) is 2.00. The van der Waals surface area contributed by atoms with Crippen molar-refractivity contribution in [3.8, 4) is 11.5 Å². The molecular weight excluding hydrogens is 250 g/mol. The fraction of sp³-hybridized carbons (Fsp3) is 0.571. The molecule has 1 atom stereocenters. The summed E-state index contributed by atoms with van der Waals surface area (Å²) in [5.41, 5.74) is 1.91. The third-order valence-electron chi connectivity index (χ3n) is 3.79. The fourth-order valence-corrected chi connectivity index (χ4v) is 2.88. The molecule has 0 aliphatic carbocycles. The van der Waals surface area contributed by atoms with Gasteiger partial charge in [0.05, 0.1) is 14.2 Å². The number of benzene rings is 1. The maximum Gasteiger partial charge on any atom is 0.166 e. The van der Waals surface area contributed by atoms with Crippen molar-refractivity contribution in [1.82, 2.24) is 5.32 Å². The summed E-state index contributed by atoms with van der Waals surface area (Å²) in [6.45, 7) is 5.15. The number of hydrogen-bond donors (Lipinski definition) is 1. The topological polar surface area (TPSA) is 30.5 Å². The quantitative estimate of drug-likeness (QED) is 0.914. The molecule has 3 nitrogen and oxygen atoms in total. The number of rotatable bonds is 3. The first-order valence-electron chi connectivity index (χ1n) is 6.20. The van der Waals surface area contributed by atoms with Gasteiger partial charge in [-0.1, -0.05) is 11.6 Å². The molecule has 0 bridgehead atoms. The Bertz CT molecular complexity index is 454. The number of halogens is 1. The van der Waals surface area contributed by atoms with Crippen LogP contribution < -0.4 is 14.8 Å². The van der Waals surface area contributed by atoms with Crippen LogP contribution in [0.3, 0.4) is 0 Å². The minimum atomic E-state index is -0.0873. The Morgan fingerprint density at radius 3 is 2.44 bits per heavy atom. The largest absolute Gasteiger partial charge is 0.493 e. The second-order valence-electron chi connectivity index (χ2n) is 4.96. The minimum Gasteiger partial charge on any atom is -0.493 e. The highest BCUT2D eigenvalue weighted by Crippen LogP contribution is 2.45. The van der Waals surface area contributed by atoms with Gasteiger partial charge in [-0.05, 0) is 39.3 Å². The van der Waals surface area contributed by atoms with Gasteiger partial charge in [-0.15, -0.1) is 0 Å². The van der Waals surface area contributed by atoms with Crippen LogP contribution in [0.5, 0.6) is 11.5 Å². The Morgan fingerprint density at radius 1 is 1.28 bits per heavy atom. The lowest BCUT2D eigenvalue weighted by Gasteiger charge is -2.29. The van der Waals surface area contributed by atoms with E-state index in [0.29, 0.717) is 0 Å². The third-order valence-corrected chi connectivity index (χ3v) is 4.18. The van der Waals surface area contributed by atoms with Crippen molar-refractivity contribution in [3.05, 3.63) is 22.2 Å². The molecule has 0 aromatic heterocycles. The summed E-state index contributed by atoms with van der Waals surface area (Å²) in [5, 5.41) is 4.25. The van der Waals surface area contributed by atoms with Gasteiger partial charge in [0.2, 0.25) is 0 Å². The van der Waals surface area contributed by atoms with E-state index in [1.807, 2.05) is 13.0 Å². The minimum absolute atomic E-state index is 0.0873. The SMILES string of the molecule is COc1c(C2(C)CCCN2)cc(Cl)c(C)c1OC. The smallest absolute Gasteiger partial charge is 0.166 e. The van der Waals surface area contributed by atoms with Gasteiger partial charge in [0.1, 0.15) is 0 Å². The molecule has 1 aromatic carbocycles. The van der Waals surface area contributed by atoms with Crippen LogP contribution in [0.2, 0.25) is 5.02 Å². The molecule has 0 saturated carbocycles. The van der Waals surface area contributed by atoms with Crippen molar-refractivity contribution in [2.24, 2.45) is 0 Å². The van der Waals surface area contributed by atoms with Crippen LogP contribution in [0, 0.1) is 6.92 Å². The maximum atomic E-state index is 6.30. The van der Waals surface area contributed by atoms with E-state index in [2.05, 4.69) is 12.2 Å². The van der Waals surface area contributed by atoms with Gasteiger partial charge in [-0.3, -0.25) is 0 Å². The predicted molar refractivity (Wildman–Crippen MR) is 73.9 cm³/mol. The normalized spacial score (nSPS) is 23.2. The van der Waals surface area contributed by atoms with E-state index in [-0.39, 0.29) is 5.54 Å². The molecule has 0 spiro atoms. The molecule has 4 heteroatoms. The monoisotopic (exact) mass is 269 g/mol. The van der Waals surface area contributed by atoms with E-state index < -0.39 is 0 Å². The predicted octanol–water partition coefficient (Wildman–Crippen LogP) is 3.26. The molecule has 1 aliphatic heterocycles. The van der Waals surface area contributed by atoms with Gasteiger partial charge >= 0.3 is 0 Å². The van der Waals surface area contributed by atoms with Crippen molar-refractivity contribution >= 4 is 11.6 Å². The second kappa shape index (κ2) is 4.98. The zero-order valence-corrected chi connectivity index (χ0v) is 12.1. The zero-order chi connectivity index (χ0) is 13.3. The van der Waals surface area contributed by atoms with Crippen LogP contribution in [-0.2, 0) is 5.54 Å². The van der Waals surface area contributed by atoms with Crippen molar-refractivity contribution in [3.63, 3.8) is 0 Å². The molecule has 1 fully saturated rings. The van der Waals surface area contributed by atoms with E-state index in [1.54, 1.807) is 14.2 Å². The van der Waals surface area contributed by atoms with Crippen LogP contribution in [0.25, 0.3) is 0 Å². The summed E-state index contributed by atoms with van der Waals surface area (Å²) < 4.78 is 11.0. The first-order valence-corrected chi connectivity index (χ1v) is 6.58. The van der Waals surface area contributed by atoms with E-state index >= 15 is 0 Å².